The van der Waals surface area contributed by atoms with Crippen LogP contribution in [0, 0.1) is 5.92 Å². The van der Waals surface area contributed by atoms with Crippen LogP contribution in [0.3, 0.4) is 0 Å². The van der Waals surface area contributed by atoms with Crippen LogP contribution >= 0.6 is 15.9 Å². The molecule has 1 aromatic rings. The molecule has 1 aliphatic heterocycles. The third-order valence-corrected chi connectivity index (χ3v) is 6.04. The van der Waals surface area contributed by atoms with Crippen LogP contribution in [0.1, 0.15) is 0 Å². The minimum Gasteiger partial charge on any atom is -0.493 e. The van der Waals surface area contributed by atoms with E-state index < -0.39 is 21.9 Å². The molecule has 1 heterocycles. The van der Waals surface area contributed by atoms with Crippen LogP contribution in [-0.4, -0.2) is 51.1 Å². The summed E-state index contributed by atoms with van der Waals surface area (Å²) in [5.41, 5.74) is 0. The van der Waals surface area contributed by atoms with Gasteiger partial charge in [0.2, 0.25) is 10.0 Å². The molecular weight excluding hydrogens is 366 g/mol. The number of hydrogen-bond acceptors (Lipinski definition) is 5. The van der Waals surface area contributed by atoms with Crippen molar-refractivity contribution in [1.29, 1.82) is 0 Å². The minimum atomic E-state index is -3.77. The highest BCUT2D eigenvalue weighted by Crippen LogP contribution is 2.38. The molecule has 21 heavy (non-hydrogen) atoms. The standard InChI is InChI=1S/C12H14BrNO6S/c1-19-9-3-8(13)11(4-10(9)20-2)21(17,18)14-5-7(6-14)12(15)16/h3-4,7H,5-6H2,1-2H3,(H,15,16). The van der Waals surface area contributed by atoms with Gasteiger partial charge in [-0.25, -0.2) is 8.42 Å². The number of methoxy groups -OCH3 is 2. The van der Waals surface area contributed by atoms with Crippen LogP contribution in [0.4, 0.5) is 0 Å². The van der Waals surface area contributed by atoms with E-state index >= 15 is 0 Å². The van der Waals surface area contributed by atoms with Gasteiger partial charge < -0.3 is 14.6 Å². The molecule has 0 unspecified atom stereocenters. The van der Waals surface area contributed by atoms with Crippen LogP contribution in [0.15, 0.2) is 21.5 Å². The molecular formula is C12H14BrNO6S. The Morgan fingerprint density at radius 2 is 1.81 bits per heavy atom. The van der Waals surface area contributed by atoms with E-state index in [-0.39, 0.29) is 23.7 Å². The Kier molecular flexibility index (Phi) is 4.45. The van der Waals surface area contributed by atoms with Gasteiger partial charge in [-0.1, -0.05) is 0 Å². The zero-order chi connectivity index (χ0) is 15.8. The molecule has 1 N–H and O–H groups in total. The Morgan fingerprint density at radius 1 is 1.29 bits per heavy atom. The molecule has 0 radical (unpaired) electrons. The van der Waals surface area contributed by atoms with Gasteiger partial charge in [0.1, 0.15) is 4.90 Å². The number of aliphatic carboxylic acids is 1. The largest absolute Gasteiger partial charge is 0.493 e. The van der Waals surface area contributed by atoms with E-state index in [4.69, 9.17) is 14.6 Å². The zero-order valence-corrected chi connectivity index (χ0v) is 13.8. The highest BCUT2D eigenvalue weighted by Gasteiger charge is 2.41. The Morgan fingerprint density at radius 3 is 2.29 bits per heavy atom. The fraction of sp³-hybridized carbons (Fsp3) is 0.417. The van der Waals surface area contributed by atoms with Crippen molar-refractivity contribution < 1.29 is 27.8 Å². The Hall–Kier alpha value is -1.32. The third-order valence-electron chi connectivity index (χ3n) is 3.25. The first-order chi connectivity index (χ1) is 9.81. The van der Waals surface area contributed by atoms with Crippen LogP contribution in [0.25, 0.3) is 0 Å². The molecule has 1 aliphatic rings. The Bertz CT molecular complexity index is 669. The van der Waals surface area contributed by atoms with Crippen LogP contribution < -0.4 is 9.47 Å². The summed E-state index contributed by atoms with van der Waals surface area (Å²) in [6, 6.07) is 2.85. The average Bonchev–Trinajstić information content (AvgIpc) is 2.35. The molecule has 0 spiro atoms. The maximum Gasteiger partial charge on any atom is 0.309 e. The second kappa shape index (κ2) is 5.82. The van der Waals surface area contributed by atoms with Gasteiger partial charge in [0, 0.05) is 23.6 Å². The average molecular weight is 380 g/mol. The summed E-state index contributed by atoms with van der Waals surface area (Å²) in [5.74, 6) is -0.962. The van der Waals surface area contributed by atoms with Crippen molar-refractivity contribution in [3.8, 4) is 11.5 Å². The molecule has 1 fully saturated rings. The summed E-state index contributed by atoms with van der Waals surface area (Å²) in [6.45, 7) is -0.0586. The normalized spacial score (nSPS) is 16.3. The van der Waals surface area contributed by atoms with Gasteiger partial charge in [-0.05, 0) is 22.0 Å². The molecule has 9 heteroatoms. The number of carboxylic acids is 1. The molecule has 7 nitrogen and oxygen atoms in total. The number of sulfonamides is 1. The molecule has 1 saturated heterocycles. The maximum absolute atomic E-state index is 12.5. The molecule has 0 aromatic heterocycles. The highest BCUT2D eigenvalue weighted by atomic mass is 79.9. The van der Waals surface area contributed by atoms with E-state index in [2.05, 4.69) is 15.9 Å². The van der Waals surface area contributed by atoms with E-state index in [0.29, 0.717) is 10.2 Å². The Balaban J connectivity index is 2.35. The smallest absolute Gasteiger partial charge is 0.309 e. The van der Waals surface area contributed by atoms with Gasteiger partial charge in [-0.3, -0.25) is 4.79 Å². The number of nitrogens with zero attached hydrogens (tertiary/aromatic N) is 1. The van der Waals surface area contributed by atoms with Crippen molar-refractivity contribution in [2.75, 3.05) is 27.3 Å². The quantitative estimate of drug-likeness (QED) is 0.825. The van der Waals surface area contributed by atoms with Crippen molar-refractivity contribution in [1.82, 2.24) is 4.31 Å². The lowest BCUT2D eigenvalue weighted by Crippen LogP contribution is -2.52. The molecule has 1 aromatic carbocycles. The molecule has 0 amide bonds. The van der Waals surface area contributed by atoms with Gasteiger partial charge in [-0.15, -0.1) is 0 Å². The van der Waals surface area contributed by atoms with Crippen LogP contribution in [0.5, 0.6) is 11.5 Å². The predicted octanol–water partition coefficient (Wildman–Crippen LogP) is 1.17. The van der Waals surface area contributed by atoms with Crippen LogP contribution in [0.2, 0.25) is 0 Å². The van der Waals surface area contributed by atoms with Crippen molar-refractivity contribution in [2.24, 2.45) is 5.92 Å². The maximum atomic E-state index is 12.5. The first-order valence-electron chi connectivity index (χ1n) is 5.95. The molecule has 0 aliphatic carbocycles. The first kappa shape index (κ1) is 16.1. The Labute approximate surface area is 130 Å². The molecule has 116 valence electrons. The number of benzene rings is 1. The second-order valence-electron chi connectivity index (χ2n) is 4.49. The van der Waals surface area contributed by atoms with Crippen molar-refractivity contribution in [3.63, 3.8) is 0 Å². The second-order valence-corrected chi connectivity index (χ2v) is 7.26. The lowest BCUT2D eigenvalue weighted by molar-refractivity contribution is -0.145. The van der Waals surface area contributed by atoms with Crippen LogP contribution in [-0.2, 0) is 14.8 Å². The molecule has 0 bridgehead atoms. The number of hydrogen-bond donors (Lipinski definition) is 1. The van der Waals surface area contributed by atoms with Crippen molar-refractivity contribution in [3.05, 3.63) is 16.6 Å². The van der Waals surface area contributed by atoms with Gasteiger partial charge in [0.25, 0.3) is 0 Å². The van der Waals surface area contributed by atoms with Gasteiger partial charge >= 0.3 is 5.97 Å². The molecule has 2 rings (SSSR count). The number of carbonyl (C=O) groups is 1. The number of ether oxygens (including phenoxy) is 2. The lowest BCUT2D eigenvalue weighted by Gasteiger charge is -2.35. The van der Waals surface area contributed by atoms with Gasteiger partial charge in [-0.2, -0.15) is 4.31 Å². The van der Waals surface area contributed by atoms with Gasteiger partial charge in [0.15, 0.2) is 11.5 Å². The molecule has 0 saturated carbocycles. The van der Waals surface area contributed by atoms with E-state index in [9.17, 15) is 13.2 Å². The summed E-state index contributed by atoms with van der Waals surface area (Å²) >= 11 is 3.20. The summed E-state index contributed by atoms with van der Waals surface area (Å²) in [6.07, 6.45) is 0. The third kappa shape index (κ3) is 2.85. The fourth-order valence-corrected chi connectivity index (χ4v) is 4.49. The summed E-state index contributed by atoms with van der Waals surface area (Å²) in [7, 11) is -0.911. The number of carboxylic acid groups (broad SMARTS) is 1. The number of halogens is 1. The van der Waals surface area contributed by atoms with Crippen molar-refractivity contribution in [2.45, 2.75) is 4.90 Å². The minimum absolute atomic E-state index is 0.0176. The monoisotopic (exact) mass is 379 g/mol. The van der Waals surface area contributed by atoms with E-state index in [1.165, 1.54) is 26.4 Å². The van der Waals surface area contributed by atoms with E-state index in [1.807, 2.05) is 0 Å². The topological polar surface area (TPSA) is 93.1 Å². The predicted molar refractivity (Wildman–Crippen MR) is 77.1 cm³/mol. The summed E-state index contributed by atoms with van der Waals surface area (Å²) in [5, 5.41) is 8.83. The first-order valence-corrected chi connectivity index (χ1v) is 8.19. The van der Waals surface area contributed by atoms with E-state index in [1.54, 1.807) is 0 Å². The zero-order valence-electron chi connectivity index (χ0n) is 11.4. The summed E-state index contributed by atoms with van der Waals surface area (Å²) in [4.78, 5) is 10.8. The van der Waals surface area contributed by atoms with Gasteiger partial charge in [0.05, 0.1) is 20.1 Å². The fourth-order valence-electron chi connectivity index (χ4n) is 1.96. The van der Waals surface area contributed by atoms with E-state index in [0.717, 1.165) is 4.31 Å². The summed E-state index contributed by atoms with van der Waals surface area (Å²) < 4.78 is 36.6. The lowest BCUT2D eigenvalue weighted by atomic mass is 10.0. The SMILES string of the molecule is COc1cc(Br)c(S(=O)(=O)N2CC(C(=O)O)C2)cc1OC. The van der Waals surface area contributed by atoms with Crippen molar-refractivity contribution >= 4 is 31.9 Å². The molecule has 0 atom stereocenters. The highest BCUT2D eigenvalue weighted by molar-refractivity contribution is 9.10. The number of rotatable bonds is 5.